The molecule has 1 fully saturated rings. The molecule has 0 bridgehead atoms. The largest absolute Gasteiger partial charge is 0.383 e. The molecule has 0 amide bonds. The fourth-order valence-corrected chi connectivity index (χ4v) is 2.86. The summed E-state index contributed by atoms with van der Waals surface area (Å²) in [7, 11) is 1.71. The van der Waals surface area contributed by atoms with Crippen molar-refractivity contribution in [2.75, 3.05) is 20.3 Å². The van der Waals surface area contributed by atoms with E-state index in [0.717, 1.165) is 24.7 Å². The Morgan fingerprint density at radius 3 is 2.88 bits per heavy atom. The molecule has 0 spiro atoms. The van der Waals surface area contributed by atoms with Crippen LogP contribution in [-0.4, -0.2) is 30.5 Å². The molecule has 4 nitrogen and oxygen atoms in total. The van der Waals surface area contributed by atoms with Gasteiger partial charge in [-0.3, -0.25) is 0 Å². The molecule has 1 unspecified atom stereocenters. The van der Waals surface area contributed by atoms with Gasteiger partial charge in [0.2, 0.25) is 0 Å². The summed E-state index contributed by atoms with van der Waals surface area (Å²) in [5.74, 6) is 0.637. The quantitative estimate of drug-likeness (QED) is 0.771. The summed E-state index contributed by atoms with van der Waals surface area (Å²) < 4.78 is 4.97. The van der Waals surface area contributed by atoms with Crippen molar-refractivity contribution in [3.63, 3.8) is 0 Å². The zero-order valence-corrected chi connectivity index (χ0v) is 10.9. The van der Waals surface area contributed by atoms with E-state index in [1.165, 1.54) is 11.4 Å². The number of nitrogens with zero attached hydrogens (tertiary/aromatic N) is 2. The minimum atomic E-state index is 0.445. The van der Waals surface area contributed by atoms with Crippen LogP contribution in [0.1, 0.15) is 36.2 Å². The molecule has 2 rings (SSSR count). The van der Waals surface area contributed by atoms with Crippen LogP contribution >= 0.6 is 11.3 Å². The highest BCUT2D eigenvalue weighted by Crippen LogP contribution is 2.58. The highest BCUT2D eigenvalue weighted by Gasteiger charge is 2.48. The van der Waals surface area contributed by atoms with E-state index in [1.807, 2.05) is 0 Å². The fraction of sp³-hybridized carbons (Fsp3) is 0.818. The van der Waals surface area contributed by atoms with Crippen molar-refractivity contribution >= 4 is 11.3 Å². The van der Waals surface area contributed by atoms with E-state index in [1.54, 1.807) is 18.4 Å². The van der Waals surface area contributed by atoms with Gasteiger partial charge >= 0.3 is 0 Å². The Morgan fingerprint density at radius 1 is 1.50 bits per heavy atom. The first-order valence-corrected chi connectivity index (χ1v) is 6.47. The van der Waals surface area contributed by atoms with Crippen molar-refractivity contribution in [1.82, 2.24) is 15.5 Å². The van der Waals surface area contributed by atoms with Crippen LogP contribution in [0.4, 0.5) is 0 Å². The van der Waals surface area contributed by atoms with E-state index < -0.39 is 0 Å². The molecule has 1 aliphatic carbocycles. The molecule has 90 valence electrons. The van der Waals surface area contributed by atoms with Gasteiger partial charge in [-0.2, -0.15) is 0 Å². The molecule has 1 aliphatic rings. The molecule has 5 heteroatoms. The maximum atomic E-state index is 4.97. The Bertz CT molecular complexity index is 351. The summed E-state index contributed by atoms with van der Waals surface area (Å²) >= 11 is 1.74. The zero-order valence-electron chi connectivity index (χ0n) is 10.1. The maximum Gasteiger partial charge on any atom is 0.131 e. The summed E-state index contributed by atoms with van der Waals surface area (Å²) in [6.45, 7) is 6.97. The number of hydrogen-bond donors (Lipinski definition) is 1. The highest BCUT2D eigenvalue weighted by atomic mass is 32.1. The normalized spacial score (nSPS) is 22.3. The van der Waals surface area contributed by atoms with Crippen LogP contribution in [0.5, 0.6) is 0 Å². The van der Waals surface area contributed by atoms with E-state index in [4.69, 9.17) is 4.74 Å². The summed E-state index contributed by atoms with van der Waals surface area (Å²) in [6, 6.07) is 0. The lowest BCUT2D eigenvalue weighted by atomic mass is 10.1. The van der Waals surface area contributed by atoms with Gasteiger partial charge in [0.1, 0.15) is 10.0 Å². The molecule has 1 saturated carbocycles. The van der Waals surface area contributed by atoms with Crippen molar-refractivity contribution in [2.24, 2.45) is 5.41 Å². The van der Waals surface area contributed by atoms with Gasteiger partial charge in [0.15, 0.2) is 0 Å². The van der Waals surface area contributed by atoms with Crippen LogP contribution in [0.3, 0.4) is 0 Å². The number of rotatable bonds is 6. The summed E-state index contributed by atoms with van der Waals surface area (Å²) in [4.78, 5) is 0. The number of nitrogens with one attached hydrogen (secondary N) is 1. The van der Waals surface area contributed by atoms with Gasteiger partial charge in [-0.25, -0.2) is 0 Å². The fourth-order valence-electron chi connectivity index (χ4n) is 1.74. The minimum Gasteiger partial charge on any atom is -0.383 e. The monoisotopic (exact) mass is 241 g/mol. The predicted octanol–water partition coefficient (Wildman–Crippen LogP) is 1.79. The number of aromatic nitrogens is 2. The topological polar surface area (TPSA) is 47.0 Å². The molecule has 0 aliphatic heterocycles. The average molecular weight is 241 g/mol. The SMILES string of the molecule is COCCNCc1nnc(C2CC2(C)C)s1. The second kappa shape index (κ2) is 4.77. The standard InChI is InChI=1S/C11H19N3OS/c1-11(2)6-8(11)10-14-13-9(16-10)7-12-4-5-15-3/h8,12H,4-7H2,1-3H3. The number of ether oxygens (including phenoxy) is 1. The smallest absolute Gasteiger partial charge is 0.131 e. The Morgan fingerprint density at radius 2 is 2.25 bits per heavy atom. The first-order valence-electron chi connectivity index (χ1n) is 5.65. The Balaban J connectivity index is 1.79. The molecule has 0 aromatic carbocycles. The van der Waals surface area contributed by atoms with Crippen LogP contribution in [0.15, 0.2) is 0 Å². The van der Waals surface area contributed by atoms with Crippen LogP contribution in [0.25, 0.3) is 0 Å². The van der Waals surface area contributed by atoms with Crippen molar-refractivity contribution < 1.29 is 4.74 Å². The molecule has 1 atom stereocenters. The average Bonchev–Trinajstić information content (AvgIpc) is 2.70. The van der Waals surface area contributed by atoms with Crippen LogP contribution < -0.4 is 5.32 Å². The molecule has 1 N–H and O–H groups in total. The second-order valence-electron chi connectivity index (χ2n) is 4.95. The van der Waals surface area contributed by atoms with Crippen LogP contribution in [0, 0.1) is 5.41 Å². The van der Waals surface area contributed by atoms with Gasteiger partial charge < -0.3 is 10.1 Å². The van der Waals surface area contributed by atoms with Gasteiger partial charge in [-0.1, -0.05) is 25.2 Å². The second-order valence-corrected chi connectivity index (χ2v) is 6.04. The molecular formula is C11H19N3OS. The van der Waals surface area contributed by atoms with Crippen LogP contribution in [0.2, 0.25) is 0 Å². The summed E-state index contributed by atoms with van der Waals surface area (Å²) in [5.41, 5.74) is 0.445. The molecule has 1 aromatic rings. The molecular weight excluding hydrogens is 222 g/mol. The molecule has 1 aromatic heterocycles. The van der Waals surface area contributed by atoms with Crippen molar-refractivity contribution in [3.05, 3.63) is 10.0 Å². The van der Waals surface area contributed by atoms with Gasteiger partial charge in [0.05, 0.1) is 6.61 Å². The van der Waals surface area contributed by atoms with Crippen molar-refractivity contribution in [3.8, 4) is 0 Å². The van der Waals surface area contributed by atoms with Crippen molar-refractivity contribution in [2.45, 2.75) is 32.7 Å². The lowest BCUT2D eigenvalue weighted by Gasteiger charge is -1.99. The summed E-state index contributed by atoms with van der Waals surface area (Å²) in [5, 5.41) is 14.0. The predicted molar refractivity (Wildman–Crippen MR) is 64.6 cm³/mol. The van der Waals surface area contributed by atoms with Gasteiger partial charge in [0, 0.05) is 26.1 Å². The van der Waals surface area contributed by atoms with E-state index >= 15 is 0 Å². The summed E-state index contributed by atoms with van der Waals surface area (Å²) in [6.07, 6.45) is 1.25. The van der Waals surface area contributed by atoms with Gasteiger partial charge in [0.25, 0.3) is 0 Å². The van der Waals surface area contributed by atoms with Gasteiger partial charge in [-0.15, -0.1) is 10.2 Å². The molecule has 0 radical (unpaired) electrons. The molecule has 16 heavy (non-hydrogen) atoms. The Hall–Kier alpha value is -0.520. The van der Waals surface area contributed by atoms with Crippen LogP contribution in [-0.2, 0) is 11.3 Å². The number of methoxy groups -OCH3 is 1. The number of hydrogen-bond acceptors (Lipinski definition) is 5. The van der Waals surface area contributed by atoms with E-state index in [2.05, 4.69) is 29.4 Å². The van der Waals surface area contributed by atoms with E-state index in [-0.39, 0.29) is 0 Å². The molecule has 0 saturated heterocycles. The van der Waals surface area contributed by atoms with E-state index in [0.29, 0.717) is 11.3 Å². The third-order valence-corrected chi connectivity index (χ3v) is 4.09. The first kappa shape index (κ1) is 12.0. The third kappa shape index (κ3) is 2.78. The van der Waals surface area contributed by atoms with E-state index in [9.17, 15) is 0 Å². The Kier molecular flexibility index (Phi) is 3.56. The lowest BCUT2D eigenvalue weighted by Crippen LogP contribution is -2.18. The maximum absolute atomic E-state index is 4.97. The lowest BCUT2D eigenvalue weighted by molar-refractivity contribution is 0.199. The van der Waals surface area contributed by atoms with Crippen molar-refractivity contribution in [1.29, 1.82) is 0 Å². The Labute approximate surface area is 100 Å². The molecule has 1 heterocycles. The highest BCUT2D eigenvalue weighted by molar-refractivity contribution is 7.11. The van der Waals surface area contributed by atoms with Gasteiger partial charge in [-0.05, 0) is 11.8 Å². The third-order valence-electron chi connectivity index (χ3n) is 3.05. The zero-order chi connectivity index (χ0) is 11.6. The first-order chi connectivity index (χ1) is 7.63. The minimum absolute atomic E-state index is 0.445.